The average molecular weight is 302 g/mol. The highest BCUT2D eigenvalue weighted by Crippen LogP contribution is 2.27. The lowest BCUT2D eigenvalue weighted by Gasteiger charge is -2.33. The molecule has 120 valence electrons. The summed E-state index contributed by atoms with van der Waals surface area (Å²) in [6.07, 6.45) is 1.99. The Labute approximate surface area is 132 Å². The zero-order chi connectivity index (χ0) is 15.7. The number of anilines is 1. The second kappa shape index (κ2) is 6.20. The van der Waals surface area contributed by atoms with Crippen molar-refractivity contribution in [2.45, 2.75) is 40.2 Å². The first-order valence-electron chi connectivity index (χ1n) is 8.31. The Morgan fingerprint density at radius 2 is 1.77 bits per heavy atom. The first kappa shape index (κ1) is 15.2. The Hall–Kier alpha value is -1.69. The summed E-state index contributed by atoms with van der Waals surface area (Å²) in [6.45, 7) is 11.4. The minimum absolute atomic E-state index is 0.849. The molecule has 0 amide bonds. The molecule has 0 aromatic carbocycles. The second-order valence-corrected chi connectivity index (χ2v) is 6.10. The van der Waals surface area contributed by atoms with Crippen LogP contribution in [0.15, 0.2) is 0 Å². The molecule has 3 rings (SSSR count). The molecule has 0 N–H and O–H groups in total. The second-order valence-electron chi connectivity index (χ2n) is 6.10. The number of aromatic nitrogens is 4. The van der Waals surface area contributed by atoms with Crippen molar-refractivity contribution in [1.29, 1.82) is 0 Å². The van der Waals surface area contributed by atoms with Crippen molar-refractivity contribution in [3.05, 3.63) is 11.5 Å². The normalized spacial score (nSPS) is 16.6. The quantitative estimate of drug-likeness (QED) is 0.863. The van der Waals surface area contributed by atoms with Crippen molar-refractivity contribution in [2.24, 2.45) is 0 Å². The highest BCUT2D eigenvalue weighted by Gasteiger charge is 2.22. The maximum absolute atomic E-state index is 4.90. The topological polar surface area (TPSA) is 50.1 Å². The Morgan fingerprint density at radius 1 is 1.05 bits per heavy atom. The van der Waals surface area contributed by atoms with E-state index in [4.69, 9.17) is 9.97 Å². The number of piperazine rings is 1. The summed E-state index contributed by atoms with van der Waals surface area (Å²) in [6, 6.07) is 0. The third-order valence-corrected chi connectivity index (χ3v) is 4.36. The summed E-state index contributed by atoms with van der Waals surface area (Å²) in [7, 11) is 2.18. The van der Waals surface area contributed by atoms with Gasteiger partial charge in [-0.05, 0) is 27.3 Å². The lowest BCUT2D eigenvalue weighted by Crippen LogP contribution is -2.45. The van der Waals surface area contributed by atoms with Gasteiger partial charge in [0, 0.05) is 39.1 Å². The Bertz CT molecular complexity index is 654. The third-order valence-electron chi connectivity index (χ3n) is 4.36. The van der Waals surface area contributed by atoms with Gasteiger partial charge in [0.15, 0.2) is 5.82 Å². The largest absolute Gasteiger partial charge is 0.352 e. The van der Waals surface area contributed by atoms with Crippen molar-refractivity contribution in [2.75, 3.05) is 38.1 Å². The van der Waals surface area contributed by atoms with E-state index in [1.807, 2.05) is 11.6 Å². The van der Waals surface area contributed by atoms with Gasteiger partial charge in [0.2, 0.25) is 0 Å². The van der Waals surface area contributed by atoms with E-state index in [0.717, 1.165) is 73.9 Å². The molecule has 0 bridgehead atoms. The van der Waals surface area contributed by atoms with Crippen molar-refractivity contribution < 1.29 is 0 Å². The van der Waals surface area contributed by atoms with Crippen LogP contribution in [0.3, 0.4) is 0 Å². The van der Waals surface area contributed by atoms with Crippen molar-refractivity contribution >= 4 is 16.9 Å². The van der Waals surface area contributed by atoms with Crippen LogP contribution in [0.5, 0.6) is 0 Å². The van der Waals surface area contributed by atoms with E-state index in [-0.39, 0.29) is 0 Å². The van der Waals surface area contributed by atoms with Gasteiger partial charge < -0.3 is 9.80 Å². The molecule has 3 heterocycles. The average Bonchev–Trinajstić information content (AvgIpc) is 2.84. The summed E-state index contributed by atoms with van der Waals surface area (Å²) in [5.74, 6) is 2.02. The lowest BCUT2D eigenvalue weighted by atomic mass is 10.2. The van der Waals surface area contributed by atoms with E-state index in [1.165, 1.54) is 0 Å². The zero-order valence-corrected chi connectivity index (χ0v) is 14.1. The minimum atomic E-state index is 0.849. The molecule has 0 atom stereocenters. The maximum atomic E-state index is 4.90. The molecule has 1 aliphatic heterocycles. The molecule has 0 aliphatic carbocycles. The van der Waals surface area contributed by atoms with Gasteiger partial charge in [0.1, 0.15) is 16.9 Å². The van der Waals surface area contributed by atoms with Gasteiger partial charge in [0.25, 0.3) is 0 Å². The summed E-state index contributed by atoms with van der Waals surface area (Å²) in [4.78, 5) is 14.4. The van der Waals surface area contributed by atoms with E-state index in [0.29, 0.717) is 0 Å². The minimum Gasteiger partial charge on any atom is -0.352 e. The first-order chi connectivity index (χ1) is 10.6. The lowest BCUT2D eigenvalue weighted by molar-refractivity contribution is 0.312. The van der Waals surface area contributed by atoms with Gasteiger partial charge in [0.05, 0.1) is 5.69 Å². The van der Waals surface area contributed by atoms with Crippen LogP contribution in [0.2, 0.25) is 0 Å². The summed E-state index contributed by atoms with van der Waals surface area (Å²) >= 11 is 0. The van der Waals surface area contributed by atoms with Crippen LogP contribution in [-0.2, 0) is 13.0 Å². The maximum Gasteiger partial charge on any atom is 0.158 e. The van der Waals surface area contributed by atoms with E-state index < -0.39 is 0 Å². The van der Waals surface area contributed by atoms with Crippen LogP contribution in [0.1, 0.15) is 31.8 Å². The third kappa shape index (κ3) is 2.67. The Kier molecular flexibility index (Phi) is 4.29. The number of aryl methyl sites for hydroxylation is 3. The molecule has 1 aliphatic rings. The van der Waals surface area contributed by atoms with Crippen LogP contribution in [0.25, 0.3) is 11.0 Å². The number of hydrogen-bond acceptors (Lipinski definition) is 5. The number of hydrogen-bond donors (Lipinski definition) is 0. The molecule has 1 fully saturated rings. The fraction of sp³-hybridized carbons (Fsp3) is 0.688. The zero-order valence-electron chi connectivity index (χ0n) is 14.1. The standard InChI is InChI=1S/C16H26N6/c1-5-7-13-17-14-12(3)19-22(6-2)15(14)16(18-13)21-10-8-20(4)9-11-21/h5-11H2,1-4H3. The van der Waals surface area contributed by atoms with Gasteiger partial charge >= 0.3 is 0 Å². The molecular weight excluding hydrogens is 276 g/mol. The number of fused-ring (bicyclic) bond motifs is 1. The van der Waals surface area contributed by atoms with Crippen LogP contribution in [-0.4, -0.2) is 57.9 Å². The van der Waals surface area contributed by atoms with Gasteiger partial charge in [-0.3, -0.25) is 4.68 Å². The van der Waals surface area contributed by atoms with E-state index in [2.05, 4.69) is 35.8 Å². The molecule has 0 radical (unpaired) electrons. The smallest absolute Gasteiger partial charge is 0.158 e. The fourth-order valence-corrected chi connectivity index (χ4v) is 3.06. The molecule has 22 heavy (non-hydrogen) atoms. The first-order valence-corrected chi connectivity index (χ1v) is 8.31. The molecule has 1 saturated heterocycles. The monoisotopic (exact) mass is 302 g/mol. The predicted molar refractivity (Wildman–Crippen MR) is 89.4 cm³/mol. The summed E-state index contributed by atoms with van der Waals surface area (Å²) in [5, 5.41) is 4.66. The van der Waals surface area contributed by atoms with Gasteiger partial charge in [-0.2, -0.15) is 5.10 Å². The molecular formula is C16H26N6. The molecule has 0 unspecified atom stereocenters. The van der Waals surface area contributed by atoms with Gasteiger partial charge in [-0.1, -0.05) is 6.92 Å². The molecule has 0 saturated carbocycles. The van der Waals surface area contributed by atoms with Crippen molar-refractivity contribution in [3.8, 4) is 0 Å². The van der Waals surface area contributed by atoms with Gasteiger partial charge in [-0.25, -0.2) is 9.97 Å². The van der Waals surface area contributed by atoms with Crippen molar-refractivity contribution in [3.63, 3.8) is 0 Å². The number of nitrogens with zero attached hydrogens (tertiary/aromatic N) is 6. The van der Waals surface area contributed by atoms with Crippen LogP contribution < -0.4 is 4.90 Å². The van der Waals surface area contributed by atoms with E-state index >= 15 is 0 Å². The molecule has 2 aromatic heterocycles. The van der Waals surface area contributed by atoms with Crippen LogP contribution in [0, 0.1) is 6.92 Å². The Morgan fingerprint density at radius 3 is 2.41 bits per heavy atom. The van der Waals surface area contributed by atoms with Crippen LogP contribution in [0.4, 0.5) is 5.82 Å². The predicted octanol–water partition coefficient (Wildman–Crippen LogP) is 1.86. The van der Waals surface area contributed by atoms with E-state index in [9.17, 15) is 0 Å². The summed E-state index contributed by atoms with van der Waals surface area (Å²) < 4.78 is 2.05. The fourth-order valence-electron chi connectivity index (χ4n) is 3.06. The van der Waals surface area contributed by atoms with Crippen LogP contribution >= 0.6 is 0 Å². The van der Waals surface area contributed by atoms with Crippen molar-refractivity contribution in [1.82, 2.24) is 24.6 Å². The molecule has 2 aromatic rings. The molecule has 6 nitrogen and oxygen atoms in total. The number of likely N-dealkylation sites (N-methyl/N-ethyl adjacent to an activating group) is 1. The molecule has 0 spiro atoms. The number of rotatable bonds is 4. The summed E-state index contributed by atoms with van der Waals surface area (Å²) in [5.41, 5.74) is 3.13. The highest BCUT2D eigenvalue weighted by molar-refractivity contribution is 5.88. The highest BCUT2D eigenvalue weighted by atomic mass is 15.3. The SMILES string of the molecule is CCCc1nc(N2CCN(C)CC2)c2c(n1)c(C)nn2CC. The van der Waals surface area contributed by atoms with Gasteiger partial charge in [-0.15, -0.1) is 0 Å². The van der Waals surface area contributed by atoms with E-state index in [1.54, 1.807) is 0 Å². The Balaban J connectivity index is 2.12. The molecule has 6 heteroatoms.